The molecule has 0 spiro atoms. The second-order valence-corrected chi connectivity index (χ2v) is 10.1. The Morgan fingerprint density at radius 3 is 2.31 bits per heavy atom. The van der Waals surface area contributed by atoms with Crippen LogP contribution in [0.5, 0.6) is 0 Å². The van der Waals surface area contributed by atoms with Gasteiger partial charge in [0.2, 0.25) is 10.0 Å². The van der Waals surface area contributed by atoms with Crippen molar-refractivity contribution in [3.63, 3.8) is 0 Å². The predicted octanol–water partition coefficient (Wildman–Crippen LogP) is 4.21. The summed E-state index contributed by atoms with van der Waals surface area (Å²) in [5, 5.41) is 11.2. The predicted molar refractivity (Wildman–Crippen MR) is 117 cm³/mol. The first-order valence-electron chi connectivity index (χ1n) is 10.3. The van der Waals surface area contributed by atoms with Gasteiger partial charge in [0.1, 0.15) is 0 Å². The Labute approximate surface area is 174 Å². The van der Waals surface area contributed by atoms with Crippen LogP contribution in [-0.4, -0.2) is 36.2 Å². The molecule has 1 saturated carbocycles. The molecule has 0 bridgehead atoms. The summed E-state index contributed by atoms with van der Waals surface area (Å²) in [5.74, 6) is 0.772. The molecule has 29 heavy (non-hydrogen) atoms. The van der Waals surface area contributed by atoms with Gasteiger partial charge in [-0.05, 0) is 88.3 Å². The Balaban J connectivity index is 2.02. The van der Waals surface area contributed by atoms with Crippen molar-refractivity contribution < 1.29 is 13.6 Å². The lowest BCUT2D eigenvalue weighted by Gasteiger charge is -2.26. The molecule has 0 aromatic carbocycles. The lowest BCUT2D eigenvalue weighted by Crippen LogP contribution is -2.26. The highest BCUT2D eigenvalue weighted by molar-refractivity contribution is 7.89. The fourth-order valence-electron chi connectivity index (χ4n) is 3.81. The fourth-order valence-corrected chi connectivity index (χ4v) is 4.44. The number of hydroxylamine groups is 2. The van der Waals surface area contributed by atoms with Crippen molar-refractivity contribution in [2.75, 3.05) is 5.75 Å². The molecule has 3 aliphatic rings. The van der Waals surface area contributed by atoms with E-state index in [1.54, 1.807) is 13.0 Å². The molecule has 1 aliphatic heterocycles. The zero-order valence-electron chi connectivity index (χ0n) is 17.6. The number of aliphatic imine (C=N–C) groups is 1. The second kappa shape index (κ2) is 8.71. The minimum absolute atomic E-state index is 0.0167. The number of nitrogens with zero attached hydrogens (tertiary/aromatic N) is 2. The molecule has 1 heterocycles. The molecule has 2 N–H and O–H groups in total. The van der Waals surface area contributed by atoms with Crippen molar-refractivity contribution in [2.24, 2.45) is 10.9 Å². The average molecular weight is 418 g/mol. The monoisotopic (exact) mass is 417 g/mol. The smallest absolute Gasteiger partial charge is 0.232 e. The van der Waals surface area contributed by atoms with Gasteiger partial charge in [-0.3, -0.25) is 14.9 Å². The number of allylic oxidation sites excluding steroid dienone is 9. The van der Waals surface area contributed by atoms with Gasteiger partial charge in [-0.1, -0.05) is 6.92 Å². The highest BCUT2D eigenvalue weighted by Crippen LogP contribution is 2.29. The molecule has 0 aromatic rings. The standard InChI is InChI=1S/C22H31N3O3S/c1-5-29(27,28)24-20-10-11-22(23-19-8-6-15(2)7-9-19)21(14-20)18-12-16(3)25(26)17(4)13-18/h10-15,19,24,26H,5-9H2,1-4H3. The van der Waals surface area contributed by atoms with E-state index in [9.17, 15) is 13.6 Å². The molecule has 158 valence electrons. The van der Waals surface area contributed by atoms with E-state index in [2.05, 4.69) is 11.6 Å². The van der Waals surface area contributed by atoms with Crippen LogP contribution >= 0.6 is 0 Å². The van der Waals surface area contributed by atoms with Gasteiger partial charge in [-0.15, -0.1) is 0 Å². The van der Waals surface area contributed by atoms with Gasteiger partial charge in [0, 0.05) is 22.7 Å². The number of hydrogen-bond donors (Lipinski definition) is 2. The maximum atomic E-state index is 12.0. The fraction of sp³-hybridized carbons (Fsp3) is 0.500. The van der Waals surface area contributed by atoms with Crippen LogP contribution in [0.4, 0.5) is 0 Å². The summed E-state index contributed by atoms with van der Waals surface area (Å²) >= 11 is 0. The molecule has 2 aliphatic carbocycles. The van der Waals surface area contributed by atoms with E-state index >= 15 is 0 Å². The van der Waals surface area contributed by atoms with Crippen LogP contribution in [0.25, 0.3) is 0 Å². The second-order valence-electron chi connectivity index (χ2n) is 8.12. The Bertz CT molecular complexity index is 922. The van der Waals surface area contributed by atoms with Gasteiger partial charge in [0.25, 0.3) is 0 Å². The molecule has 0 unspecified atom stereocenters. The lowest BCUT2D eigenvalue weighted by molar-refractivity contribution is -0.0195. The van der Waals surface area contributed by atoms with E-state index in [-0.39, 0.29) is 11.8 Å². The van der Waals surface area contributed by atoms with E-state index in [0.29, 0.717) is 17.1 Å². The van der Waals surface area contributed by atoms with Crippen molar-refractivity contribution in [1.82, 2.24) is 9.79 Å². The highest BCUT2D eigenvalue weighted by atomic mass is 32.2. The maximum Gasteiger partial charge on any atom is 0.232 e. The Morgan fingerprint density at radius 2 is 1.72 bits per heavy atom. The van der Waals surface area contributed by atoms with E-state index in [0.717, 1.165) is 40.7 Å². The van der Waals surface area contributed by atoms with Crippen LogP contribution in [-0.2, 0) is 10.0 Å². The largest absolute Gasteiger partial charge is 0.284 e. The summed E-state index contributed by atoms with van der Waals surface area (Å²) < 4.78 is 26.7. The van der Waals surface area contributed by atoms with Gasteiger partial charge >= 0.3 is 0 Å². The topological polar surface area (TPSA) is 82.0 Å². The minimum Gasteiger partial charge on any atom is -0.284 e. The van der Waals surface area contributed by atoms with Crippen molar-refractivity contribution in [1.29, 1.82) is 0 Å². The summed E-state index contributed by atoms with van der Waals surface area (Å²) in [7, 11) is -3.37. The van der Waals surface area contributed by atoms with E-state index in [1.165, 1.54) is 12.8 Å². The maximum absolute atomic E-state index is 12.0. The summed E-state index contributed by atoms with van der Waals surface area (Å²) in [6.07, 6.45) is 13.8. The third-order valence-corrected chi connectivity index (χ3v) is 6.97. The van der Waals surface area contributed by atoms with Crippen molar-refractivity contribution >= 4 is 15.7 Å². The van der Waals surface area contributed by atoms with Crippen molar-refractivity contribution in [2.45, 2.75) is 59.4 Å². The van der Waals surface area contributed by atoms with Gasteiger partial charge in [-0.2, -0.15) is 0 Å². The molecule has 0 saturated heterocycles. The summed E-state index contributed by atoms with van der Waals surface area (Å²) in [6, 6.07) is 0.289. The quantitative estimate of drug-likeness (QED) is 0.718. The third kappa shape index (κ3) is 5.28. The molecule has 6 nitrogen and oxygen atoms in total. The molecular weight excluding hydrogens is 386 g/mol. The molecular formula is C22H31N3O3S. The summed E-state index contributed by atoms with van der Waals surface area (Å²) in [6.45, 7) is 7.57. The molecule has 7 heteroatoms. The molecule has 0 radical (unpaired) electrons. The first-order valence-corrected chi connectivity index (χ1v) is 11.9. The van der Waals surface area contributed by atoms with Crippen LogP contribution < -0.4 is 4.72 Å². The third-order valence-electron chi connectivity index (χ3n) is 5.66. The van der Waals surface area contributed by atoms with Crippen molar-refractivity contribution in [3.05, 3.63) is 58.6 Å². The SMILES string of the molecule is CCS(=O)(=O)NC1=CC(=C2C=C(C)N(O)C(C)=C2)C(=NC2CCC(C)CC2)C=C1. The molecule has 0 amide bonds. The van der Waals surface area contributed by atoms with Crippen LogP contribution in [0.15, 0.2) is 63.6 Å². The highest BCUT2D eigenvalue weighted by Gasteiger charge is 2.22. The Hall–Kier alpha value is -2.12. The van der Waals surface area contributed by atoms with Gasteiger partial charge in [0.15, 0.2) is 0 Å². The van der Waals surface area contributed by atoms with Gasteiger partial charge in [0.05, 0.1) is 17.5 Å². The van der Waals surface area contributed by atoms with E-state index in [1.807, 2.05) is 38.2 Å². The number of rotatable bonds is 4. The van der Waals surface area contributed by atoms with E-state index < -0.39 is 10.0 Å². The Morgan fingerprint density at radius 1 is 1.10 bits per heavy atom. The molecule has 3 rings (SSSR count). The molecule has 0 atom stereocenters. The number of hydrogen-bond acceptors (Lipinski definition) is 5. The van der Waals surface area contributed by atoms with Crippen LogP contribution in [0.1, 0.15) is 53.4 Å². The Kier molecular flexibility index (Phi) is 6.49. The first kappa shape index (κ1) is 21.6. The zero-order valence-corrected chi connectivity index (χ0v) is 18.5. The van der Waals surface area contributed by atoms with Crippen molar-refractivity contribution in [3.8, 4) is 0 Å². The van der Waals surface area contributed by atoms with Crippen LogP contribution in [0.2, 0.25) is 0 Å². The molecule has 1 fully saturated rings. The van der Waals surface area contributed by atoms with Crippen LogP contribution in [0.3, 0.4) is 0 Å². The van der Waals surface area contributed by atoms with Gasteiger partial charge < -0.3 is 0 Å². The summed E-state index contributed by atoms with van der Waals surface area (Å²) in [5.41, 5.74) is 4.57. The normalized spacial score (nSPS) is 27.0. The molecule has 0 aromatic heterocycles. The number of sulfonamides is 1. The zero-order chi connectivity index (χ0) is 21.2. The number of nitrogens with one attached hydrogen (secondary N) is 1. The van der Waals surface area contributed by atoms with Gasteiger partial charge in [-0.25, -0.2) is 13.5 Å². The van der Waals surface area contributed by atoms with Crippen LogP contribution in [0, 0.1) is 5.92 Å². The summed E-state index contributed by atoms with van der Waals surface area (Å²) in [4.78, 5) is 5.02. The average Bonchev–Trinajstić information content (AvgIpc) is 2.68. The minimum atomic E-state index is -3.37. The lowest BCUT2D eigenvalue weighted by atomic mass is 9.87. The first-order chi connectivity index (χ1) is 13.7. The van der Waals surface area contributed by atoms with E-state index in [4.69, 9.17) is 4.99 Å².